The maximum atomic E-state index is 14.7. The summed E-state index contributed by atoms with van der Waals surface area (Å²) in [6.45, 7) is 7.53. The second-order valence-corrected chi connectivity index (χ2v) is 16.2. The Morgan fingerprint density at radius 2 is 1.39 bits per heavy atom. The highest BCUT2D eigenvalue weighted by Crippen LogP contribution is 2.28. The van der Waals surface area contributed by atoms with E-state index in [1.165, 1.54) is 0 Å². The summed E-state index contributed by atoms with van der Waals surface area (Å²) in [6.07, 6.45) is 3.60. The highest BCUT2D eigenvalue weighted by molar-refractivity contribution is 6.33. The molecule has 3 fully saturated rings. The number of aromatic nitrogens is 2. The number of halogens is 2. The molecular formula is C46H48ClFN10O4. The van der Waals surface area contributed by atoms with E-state index in [0.29, 0.717) is 46.2 Å². The van der Waals surface area contributed by atoms with Crippen LogP contribution in [0.2, 0.25) is 5.02 Å². The molecule has 8 rings (SSSR count). The topological polar surface area (TPSA) is 164 Å². The summed E-state index contributed by atoms with van der Waals surface area (Å²) >= 11 is 6.15. The predicted molar refractivity (Wildman–Crippen MR) is 239 cm³/mol. The van der Waals surface area contributed by atoms with Crippen LogP contribution >= 0.6 is 11.6 Å². The fraction of sp³-hybridized carbons (Fsp3) is 0.304. The molecular weight excluding hydrogens is 811 g/mol. The first-order valence-corrected chi connectivity index (χ1v) is 21.3. The lowest BCUT2D eigenvalue weighted by atomic mass is 9.90. The summed E-state index contributed by atoms with van der Waals surface area (Å²) in [4.78, 5) is 65.4. The molecule has 4 heterocycles. The Hall–Kier alpha value is -6.42. The largest absolute Gasteiger partial charge is 0.369 e. The van der Waals surface area contributed by atoms with Crippen molar-refractivity contribution in [2.75, 3.05) is 78.5 Å². The fourth-order valence-corrected chi connectivity index (χ4v) is 8.17. The van der Waals surface area contributed by atoms with Crippen molar-refractivity contribution in [1.82, 2.24) is 25.1 Å². The first-order valence-electron chi connectivity index (χ1n) is 20.9. The molecule has 3 aliphatic heterocycles. The lowest BCUT2D eigenvalue weighted by Gasteiger charge is -2.38. The van der Waals surface area contributed by atoms with E-state index in [1.807, 2.05) is 12.1 Å². The summed E-state index contributed by atoms with van der Waals surface area (Å²) in [7, 11) is 0. The average Bonchev–Trinajstić information content (AvgIpc) is 3.29. The summed E-state index contributed by atoms with van der Waals surface area (Å²) in [6, 6.07) is 28.9. The van der Waals surface area contributed by atoms with Gasteiger partial charge in [-0.15, -0.1) is 0 Å². The molecule has 0 aliphatic carbocycles. The van der Waals surface area contributed by atoms with Crippen molar-refractivity contribution in [3.8, 4) is 0 Å². The van der Waals surface area contributed by atoms with Crippen LogP contribution in [0.1, 0.15) is 47.5 Å². The lowest BCUT2D eigenvalue weighted by molar-refractivity contribution is -0.134. The molecule has 1 atom stereocenters. The van der Waals surface area contributed by atoms with Gasteiger partial charge in [-0.05, 0) is 111 Å². The molecule has 1 aromatic heterocycles. The number of likely N-dealkylation sites (tertiary alicyclic amines) is 1. The van der Waals surface area contributed by atoms with E-state index in [9.17, 15) is 23.6 Å². The summed E-state index contributed by atoms with van der Waals surface area (Å²) in [5.74, 6) is -1.57. The van der Waals surface area contributed by atoms with E-state index in [0.717, 1.165) is 82.6 Å². The molecule has 14 nitrogen and oxygen atoms in total. The zero-order valence-corrected chi connectivity index (χ0v) is 34.8. The molecule has 62 heavy (non-hydrogen) atoms. The number of benzene rings is 4. The van der Waals surface area contributed by atoms with E-state index in [2.05, 4.69) is 63.4 Å². The van der Waals surface area contributed by atoms with E-state index < -0.39 is 5.82 Å². The number of para-hydroxylation sites is 1. The Bertz CT molecular complexity index is 2390. The summed E-state index contributed by atoms with van der Waals surface area (Å²) < 4.78 is 14.7. The van der Waals surface area contributed by atoms with Crippen molar-refractivity contribution in [3.05, 3.63) is 125 Å². The fourth-order valence-electron chi connectivity index (χ4n) is 7.98. The van der Waals surface area contributed by atoms with E-state index >= 15 is 0 Å². The average molecular weight is 859 g/mol. The number of hydrogen-bond donors (Lipinski definition) is 5. The molecule has 3 saturated heterocycles. The number of nitrogens with one attached hydrogen (secondary N) is 5. The van der Waals surface area contributed by atoms with Crippen molar-refractivity contribution in [2.45, 2.75) is 31.6 Å². The van der Waals surface area contributed by atoms with Gasteiger partial charge in [0.1, 0.15) is 0 Å². The van der Waals surface area contributed by atoms with Gasteiger partial charge in [0.25, 0.3) is 5.91 Å². The first kappa shape index (κ1) is 42.3. The van der Waals surface area contributed by atoms with Crippen molar-refractivity contribution in [1.29, 1.82) is 0 Å². The maximum Gasteiger partial charge on any atom is 0.255 e. The predicted octanol–water partition coefficient (Wildman–Crippen LogP) is 7.00. The molecule has 3 aliphatic rings. The number of piperazine rings is 1. The third kappa shape index (κ3) is 10.7. The third-order valence-electron chi connectivity index (χ3n) is 11.6. The minimum absolute atomic E-state index is 0.0125. The zero-order valence-electron chi connectivity index (χ0n) is 34.1. The van der Waals surface area contributed by atoms with Crippen LogP contribution in [0.15, 0.2) is 103 Å². The molecule has 4 aromatic carbocycles. The monoisotopic (exact) mass is 858 g/mol. The van der Waals surface area contributed by atoms with Crippen LogP contribution < -0.4 is 31.5 Å². The van der Waals surface area contributed by atoms with Crippen molar-refractivity contribution in [3.63, 3.8) is 0 Å². The number of carbonyl (C=O) groups excluding carboxylic acids is 4. The summed E-state index contributed by atoms with van der Waals surface area (Å²) in [5.41, 5.74) is 4.86. The van der Waals surface area contributed by atoms with Crippen LogP contribution in [0.5, 0.6) is 0 Å². The van der Waals surface area contributed by atoms with Gasteiger partial charge in [-0.1, -0.05) is 35.9 Å². The Morgan fingerprint density at radius 1 is 0.742 bits per heavy atom. The highest BCUT2D eigenvalue weighted by Gasteiger charge is 2.29. The van der Waals surface area contributed by atoms with Crippen LogP contribution in [-0.4, -0.2) is 95.8 Å². The lowest BCUT2D eigenvalue weighted by Crippen LogP contribution is -2.49. The minimum atomic E-state index is -0.649. The number of anilines is 7. The van der Waals surface area contributed by atoms with Gasteiger partial charge in [-0.2, -0.15) is 4.98 Å². The maximum absolute atomic E-state index is 14.7. The molecule has 5 N–H and O–H groups in total. The highest BCUT2D eigenvalue weighted by atomic mass is 35.5. The van der Waals surface area contributed by atoms with E-state index in [4.69, 9.17) is 11.6 Å². The van der Waals surface area contributed by atoms with Crippen LogP contribution in [0.3, 0.4) is 0 Å². The van der Waals surface area contributed by atoms with Crippen LogP contribution in [0.4, 0.5) is 44.6 Å². The minimum Gasteiger partial charge on any atom is -0.369 e. The van der Waals surface area contributed by atoms with Crippen molar-refractivity contribution in [2.24, 2.45) is 5.92 Å². The quantitative estimate of drug-likeness (QED) is 0.0775. The smallest absolute Gasteiger partial charge is 0.255 e. The molecule has 0 saturated carbocycles. The molecule has 16 heteroatoms. The van der Waals surface area contributed by atoms with Crippen LogP contribution in [0.25, 0.3) is 0 Å². The molecule has 0 bridgehead atoms. The number of hydrogen-bond acceptors (Lipinski definition) is 11. The van der Waals surface area contributed by atoms with Gasteiger partial charge < -0.3 is 31.1 Å². The number of amides is 4. The molecule has 0 spiro atoms. The van der Waals surface area contributed by atoms with Gasteiger partial charge in [0.05, 0.1) is 22.8 Å². The van der Waals surface area contributed by atoms with Gasteiger partial charge in [0, 0.05) is 79.9 Å². The van der Waals surface area contributed by atoms with E-state index in [-0.39, 0.29) is 47.2 Å². The van der Waals surface area contributed by atoms with Crippen LogP contribution in [-0.2, 0) is 14.4 Å². The Balaban J connectivity index is 0.739. The molecule has 1 unspecified atom stereocenters. The molecule has 5 aromatic rings. The number of rotatable bonds is 13. The van der Waals surface area contributed by atoms with Crippen molar-refractivity contribution < 1.29 is 23.6 Å². The van der Waals surface area contributed by atoms with E-state index in [1.54, 1.807) is 72.8 Å². The summed E-state index contributed by atoms with van der Waals surface area (Å²) in [5, 5.41) is 14.7. The van der Waals surface area contributed by atoms with Gasteiger partial charge in [-0.25, -0.2) is 9.37 Å². The second-order valence-electron chi connectivity index (χ2n) is 15.8. The first-order chi connectivity index (χ1) is 30.1. The van der Waals surface area contributed by atoms with Gasteiger partial charge >= 0.3 is 0 Å². The number of piperidine rings is 2. The Labute approximate surface area is 364 Å². The SMILES string of the molecule is O=C1CCC(c2ccc(N3CCN(CCN4CCC(C(=O)Nc5ccc(Nc6ncc(F)c(Nc7ccc(C(=O)Nc8ccccc8Cl)cc7)n6)cc5)CC4)CC3)cc2)C(=O)N1. The Kier molecular flexibility index (Phi) is 13.3. The number of nitrogens with zero attached hydrogens (tertiary/aromatic N) is 5. The standard InChI is InChI=1S/C46H48ClFN10O4/c47-38-3-1-2-4-40(38)53-44(61)31-5-9-33(10-6-31)50-42-39(48)29-49-46(55-42)52-35-13-11-34(12-14-35)51-43(60)32-19-21-56(22-20-32)23-24-57-25-27-58(28-26-57)36-15-7-30(8-16-36)37-17-18-41(59)54-45(37)62/h1-16,29,32,37H,17-28H2,(H,51,60)(H,53,61)(H,54,59,62)(H2,49,50,52,55). The zero-order chi connectivity index (χ0) is 43.0. The second kappa shape index (κ2) is 19.5. The van der Waals surface area contributed by atoms with Gasteiger partial charge in [0.2, 0.25) is 23.7 Å². The van der Waals surface area contributed by atoms with Crippen LogP contribution in [0, 0.1) is 11.7 Å². The molecule has 320 valence electrons. The molecule has 4 amide bonds. The number of imide groups is 1. The normalized spacial score (nSPS) is 17.6. The van der Waals surface area contributed by atoms with Crippen molar-refractivity contribution >= 4 is 75.4 Å². The van der Waals surface area contributed by atoms with Gasteiger partial charge in [0.15, 0.2) is 11.6 Å². The van der Waals surface area contributed by atoms with Gasteiger partial charge in [-0.3, -0.25) is 29.4 Å². The molecule has 0 radical (unpaired) electrons. The Morgan fingerprint density at radius 3 is 2.08 bits per heavy atom. The number of carbonyl (C=O) groups is 4. The third-order valence-corrected chi connectivity index (χ3v) is 12.0.